The summed E-state index contributed by atoms with van der Waals surface area (Å²) in [5, 5.41) is 11.3. The number of amides is 4. The number of alkyl carbamates (subject to hydrolysis) is 1. The highest BCUT2D eigenvalue weighted by molar-refractivity contribution is 7.17. The third-order valence-corrected chi connectivity index (χ3v) is 9.60. The number of aromatic nitrogens is 2. The Morgan fingerprint density at radius 2 is 1.65 bits per heavy atom. The van der Waals surface area contributed by atoms with Crippen molar-refractivity contribution in [3.05, 3.63) is 83.6 Å². The van der Waals surface area contributed by atoms with Gasteiger partial charge in [0.05, 0.1) is 6.33 Å². The maximum atomic E-state index is 13.9. The number of hydrogen-bond donors (Lipinski definition) is 3. The van der Waals surface area contributed by atoms with Crippen LogP contribution in [0.25, 0.3) is 10.1 Å². The summed E-state index contributed by atoms with van der Waals surface area (Å²) in [7, 11) is 0. The first-order chi connectivity index (χ1) is 23.2. The third kappa shape index (κ3) is 9.05. The number of carbonyl (C=O) groups excluding carboxylic acids is 4. The molecule has 2 aromatic heterocycles. The second kappa shape index (κ2) is 14.8. The molecule has 3 N–H and O–H groups in total. The van der Waals surface area contributed by atoms with Crippen LogP contribution >= 0.6 is 11.3 Å². The molecule has 0 spiro atoms. The van der Waals surface area contributed by atoms with Crippen LogP contribution in [0.3, 0.4) is 0 Å². The number of ether oxygens (including phenoxy) is 1. The van der Waals surface area contributed by atoms with E-state index in [-0.39, 0.29) is 18.1 Å². The molecule has 12 heteroatoms. The van der Waals surface area contributed by atoms with Crippen LogP contribution in [0.15, 0.2) is 72.5 Å². The van der Waals surface area contributed by atoms with Gasteiger partial charge in [-0.2, -0.15) is 0 Å². The number of likely N-dealkylation sites (tertiary alicyclic amines) is 1. The zero-order valence-corrected chi connectivity index (χ0v) is 29.8. The molecule has 0 aliphatic carbocycles. The molecule has 2 aromatic carbocycles. The minimum atomic E-state index is -1.39. The van der Waals surface area contributed by atoms with Crippen LogP contribution in [0.2, 0.25) is 0 Å². The summed E-state index contributed by atoms with van der Waals surface area (Å²) in [5.74, 6) is -0.258. The molecule has 0 radical (unpaired) electrons. The minimum Gasteiger partial charge on any atom is -0.444 e. The number of nitrogens with one attached hydrogen (secondary N) is 3. The summed E-state index contributed by atoms with van der Waals surface area (Å²) in [6.45, 7) is 11.9. The molecule has 3 heterocycles. The van der Waals surface area contributed by atoms with Crippen molar-refractivity contribution in [3.63, 3.8) is 0 Å². The Bertz CT molecular complexity index is 1790. The monoisotopic (exact) mass is 686 g/mol. The molecule has 4 aromatic rings. The second-order valence-electron chi connectivity index (χ2n) is 14.3. The highest BCUT2D eigenvalue weighted by Gasteiger charge is 2.35. The predicted molar refractivity (Wildman–Crippen MR) is 191 cm³/mol. The van der Waals surface area contributed by atoms with Gasteiger partial charge in [-0.1, -0.05) is 55.5 Å². The lowest BCUT2D eigenvalue weighted by molar-refractivity contribution is -0.135. The first kappa shape index (κ1) is 35.6. The molecule has 2 atom stereocenters. The molecule has 260 valence electrons. The van der Waals surface area contributed by atoms with Crippen molar-refractivity contribution in [1.82, 2.24) is 25.1 Å². The van der Waals surface area contributed by atoms with E-state index >= 15 is 0 Å². The first-order valence-corrected chi connectivity index (χ1v) is 17.5. The van der Waals surface area contributed by atoms with Gasteiger partial charge in [0.15, 0.2) is 5.82 Å². The van der Waals surface area contributed by atoms with E-state index in [9.17, 15) is 19.2 Å². The average molecular weight is 687 g/mol. The Labute approximate surface area is 291 Å². The Balaban J connectivity index is 1.38. The molecule has 1 fully saturated rings. The van der Waals surface area contributed by atoms with E-state index in [1.807, 2.05) is 64.9 Å². The van der Waals surface area contributed by atoms with Gasteiger partial charge in [0.25, 0.3) is 0 Å². The molecule has 1 aliphatic rings. The number of imidazole rings is 1. The lowest BCUT2D eigenvalue weighted by Gasteiger charge is -2.33. The lowest BCUT2D eigenvalue weighted by Crippen LogP contribution is -2.59. The molecule has 1 aliphatic heterocycles. The van der Waals surface area contributed by atoms with E-state index < -0.39 is 41.1 Å². The number of hydrogen-bond acceptors (Lipinski definition) is 7. The lowest BCUT2D eigenvalue weighted by atomic mass is 9.97. The summed E-state index contributed by atoms with van der Waals surface area (Å²) >= 11 is 1.56. The van der Waals surface area contributed by atoms with Crippen LogP contribution in [0, 0.1) is 5.92 Å². The Hall–Kier alpha value is -4.71. The maximum Gasteiger partial charge on any atom is 0.408 e. The number of nitrogens with zero attached hydrogens (tertiary/aromatic N) is 3. The van der Waals surface area contributed by atoms with Gasteiger partial charge in [-0.25, -0.2) is 9.78 Å². The molecule has 1 unspecified atom stereocenters. The zero-order valence-electron chi connectivity index (χ0n) is 29.0. The van der Waals surface area contributed by atoms with E-state index in [2.05, 4.69) is 27.9 Å². The fourth-order valence-corrected chi connectivity index (χ4v) is 6.79. The number of piperidine rings is 1. The van der Waals surface area contributed by atoms with Crippen LogP contribution in [0.4, 0.5) is 10.6 Å². The number of thiophene rings is 1. The molecule has 5 rings (SSSR count). The van der Waals surface area contributed by atoms with Gasteiger partial charge >= 0.3 is 6.09 Å². The molecule has 0 bridgehead atoms. The second-order valence-corrected chi connectivity index (χ2v) is 15.2. The van der Waals surface area contributed by atoms with Gasteiger partial charge < -0.3 is 30.2 Å². The molecular weight excluding hydrogens is 641 g/mol. The Kier molecular flexibility index (Phi) is 10.8. The van der Waals surface area contributed by atoms with Gasteiger partial charge in [0.1, 0.15) is 23.2 Å². The van der Waals surface area contributed by atoms with Crippen LogP contribution in [0.1, 0.15) is 71.6 Å². The van der Waals surface area contributed by atoms with Crippen LogP contribution < -0.4 is 16.0 Å². The van der Waals surface area contributed by atoms with Crippen LogP contribution in [-0.2, 0) is 25.5 Å². The molecule has 0 saturated carbocycles. The van der Waals surface area contributed by atoms with Crippen LogP contribution in [0.5, 0.6) is 0 Å². The molecular formula is C37H46N6O5S. The van der Waals surface area contributed by atoms with E-state index in [0.717, 1.165) is 34.1 Å². The fraction of sp³-hybridized carbons (Fsp3) is 0.432. The summed E-state index contributed by atoms with van der Waals surface area (Å²) in [5.41, 5.74) is -0.432. The van der Waals surface area contributed by atoms with Crippen LogP contribution in [-0.4, -0.2) is 68.5 Å². The number of carbonyl (C=O) groups is 4. The highest BCUT2D eigenvalue weighted by atomic mass is 32.1. The largest absolute Gasteiger partial charge is 0.444 e. The van der Waals surface area contributed by atoms with E-state index in [1.165, 1.54) is 0 Å². The van der Waals surface area contributed by atoms with Crippen molar-refractivity contribution in [2.24, 2.45) is 5.92 Å². The maximum absolute atomic E-state index is 13.9. The molecule has 4 amide bonds. The summed E-state index contributed by atoms with van der Waals surface area (Å²) < 4.78 is 8.14. The quantitative estimate of drug-likeness (QED) is 0.190. The van der Waals surface area contributed by atoms with Gasteiger partial charge in [-0.3, -0.25) is 14.4 Å². The number of benzene rings is 2. The third-order valence-electron chi connectivity index (χ3n) is 8.58. The standard InChI is InChI=1S/C37H46N6O5S/c1-24-16-18-42(19-17-24)33(45)31(25-12-8-7-9-13-25)43-21-30(38-23-43)40-32(44)28(20-26-22-49-29-15-11-10-14-27(26)29)39-34(46)37(5,6)41-35(47)48-36(2,3)4/h7-15,21-24,28,31H,16-20H2,1-6H3,(H,39,46)(H,40,44)(H,41,47)/t28-,31?/m1/s1. The SMILES string of the molecule is CC1CCN(C(=O)C(c2ccccc2)n2cnc(NC(=O)[C@@H](Cc3csc4ccccc34)NC(=O)C(C)(C)NC(=O)OC(C)(C)C)c2)CC1. The Morgan fingerprint density at radius 3 is 2.35 bits per heavy atom. The van der Waals surface area contributed by atoms with Crippen molar-refractivity contribution in [3.8, 4) is 0 Å². The van der Waals surface area contributed by atoms with E-state index in [1.54, 1.807) is 63.0 Å². The van der Waals surface area contributed by atoms with Crippen molar-refractivity contribution in [2.45, 2.75) is 84.0 Å². The van der Waals surface area contributed by atoms with Gasteiger partial charge in [0, 0.05) is 30.4 Å². The average Bonchev–Trinajstić information content (AvgIpc) is 3.67. The summed E-state index contributed by atoms with van der Waals surface area (Å²) in [4.78, 5) is 60.3. The number of anilines is 1. The van der Waals surface area contributed by atoms with Gasteiger partial charge in [0.2, 0.25) is 17.7 Å². The van der Waals surface area contributed by atoms with Crippen molar-refractivity contribution in [2.75, 3.05) is 18.4 Å². The minimum absolute atomic E-state index is 0.0254. The van der Waals surface area contributed by atoms with Crippen molar-refractivity contribution < 1.29 is 23.9 Å². The molecule has 1 saturated heterocycles. The zero-order chi connectivity index (χ0) is 35.3. The summed E-state index contributed by atoms with van der Waals surface area (Å²) in [6.07, 6.45) is 4.55. The van der Waals surface area contributed by atoms with E-state index in [0.29, 0.717) is 19.0 Å². The van der Waals surface area contributed by atoms with Crippen molar-refractivity contribution in [1.29, 1.82) is 0 Å². The molecule has 49 heavy (non-hydrogen) atoms. The number of fused-ring (bicyclic) bond motifs is 1. The highest BCUT2D eigenvalue weighted by Crippen LogP contribution is 2.28. The van der Waals surface area contributed by atoms with Gasteiger partial charge in [-0.15, -0.1) is 11.3 Å². The van der Waals surface area contributed by atoms with Gasteiger partial charge in [-0.05, 0) is 81.3 Å². The fourth-order valence-electron chi connectivity index (χ4n) is 5.81. The normalized spacial score (nSPS) is 15.3. The summed E-state index contributed by atoms with van der Waals surface area (Å²) in [6, 6.07) is 15.7. The first-order valence-electron chi connectivity index (χ1n) is 16.7. The smallest absolute Gasteiger partial charge is 0.408 e. The Morgan fingerprint density at radius 1 is 0.980 bits per heavy atom. The molecule has 11 nitrogen and oxygen atoms in total. The van der Waals surface area contributed by atoms with E-state index in [4.69, 9.17) is 4.74 Å². The predicted octanol–water partition coefficient (Wildman–Crippen LogP) is 5.92. The van der Waals surface area contributed by atoms with Crippen molar-refractivity contribution >= 4 is 51.1 Å². The number of rotatable bonds is 10. The topological polar surface area (TPSA) is 135 Å².